The first kappa shape index (κ1) is 16.7. The first-order valence-corrected chi connectivity index (χ1v) is 9.76. The van der Waals surface area contributed by atoms with E-state index in [9.17, 15) is 4.39 Å². The van der Waals surface area contributed by atoms with Gasteiger partial charge in [-0.3, -0.25) is 0 Å². The molecule has 0 amide bonds. The van der Waals surface area contributed by atoms with Gasteiger partial charge in [-0.1, -0.05) is 0 Å². The van der Waals surface area contributed by atoms with E-state index < -0.39 is 0 Å². The minimum absolute atomic E-state index is 0.309. The largest absolute Gasteiger partial charge is 0.354 e. The van der Waals surface area contributed by atoms with Crippen molar-refractivity contribution >= 4 is 23.3 Å². The zero-order valence-electron chi connectivity index (χ0n) is 15.2. The molecule has 27 heavy (non-hydrogen) atoms. The zero-order chi connectivity index (χ0) is 18.2. The molecule has 0 saturated carbocycles. The van der Waals surface area contributed by atoms with E-state index in [4.69, 9.17) is 0 Å². The minimum Gasteiger partial charge on any atom is -0.354 e. The number of nitrogens with one attached hydrogen (secondary N) is 2. The van der Waals surface area contributed by atoms with Crippen molar-refractivity contribution in [2.45, 2.75) is 37.8 Å². The van der Waals surface area contributed by atoms with Gasteiger partial charge in [0.1, 0.15) is 5.82 Å². The lowest BCUT2D eigenvalue weighted by molar-refractivity contribution is 0.463. The van der Waals surface area contributed by atoms with Gasteiger partial charge in [0.05, 0.1) is 11.9 Å². The van der Waals surface area contributed by atoms with E-state index in [-0.39, 0.29) is 5.82 Å². The number of aromatic nitrogens is 3. The van der Waals surface area contributed by atoms with Gasteiger partial charge in [0.15, 0.2) is 11.6 Å². The van der Waals surface area contributed by atoms with Gasteiger partial charge in [-0.05, 0) is 31.7 Å². The summed E-state index contributed by atoms with van der Waals surface area (Å²) < 4.78 is 14.5. The van der Waals surface area contributed by atoms with Crippen LogP contribution in [0.2, 0.25) is 0 Å². The number of hydrogen-bond donors (Lipinski definition) is 2. The van der Waals surface area contributed by atoms with Crippen molar-refractivity contribution in [1.29, 1.82) is 0 Å². The van der Waals surface area contributed by atoms with Crippen molar-refractivity contribution < 1.29 is 4.39 Å². The molecule has 8 heteroatoms. The topological polar surface area (TPSA) is 69.2 Å². The fourth-order valence-electron chi connectivity index (χ4n) is 4.36. The highest BCUT2D eigenvalue weighted by Gasteiger charge is 2.32. The second-order valence-electron chi connectivity index (χ2n) is 7.63. The summed E-state index contributed by atoms with van der Waals surface area (Å²) in [4.78, 5) is 17.5. The molecule has 3 aliphatic heterocycles. The Bertz CT molecular complexity index is 811. The summed E-state index contributed by atoms with van der Waals surface area (Å²) >= 11 is 0. The monoisotopic (exact) mass is 369 g/mol. The lowest BCUT2D eigenvalue weighted by Crippen LogP contribution is -2.51. The average molecular weight is 369 g/mol. The van der Waals surface area contributed by atoms with Crippen LogP contribution in [0.4, 0.5) is 27.7 Å². The van der Waals surface area contributed by atoms with Crippen LogP contribution in [-0.4, -0.2) is 53.2 Å². The molecule has 0 aromatic carbocycles. The molecule has 2 aromatic heterocycles. The number of anilines is 4. The number of hydrogen-bond acceptors (Lipinski definition) is 7. The predicted molar refractivity (Wildman–Crippen MR) is 103 cm³/mol. The van der Waals surface area contributed by atoms with Gasteiger partial charge < -0.3 is 20.4 Å². The summed E-state index contributed by atoms with van der Waals surface area (Å²) in [6, 6.07) is 4.51. The number of halogens is 1. The van der Waals surface area contributed by atoms with Crippen LogP contribution in [0.5, 0.6) is 0 Å². The molecule has 2 atom stereocenters. The Kier molecular flexibility index (Phi) is 4.27. The van der Waals surface area contributed by atoms with Gasteiger partial charge in [-0.2, -0.15) is 4.98 Å². The van der Waals surface area contributed by atoms with E-state index in [0.717, 1.165) is 44.8 Å². The molecule has 3 fully saturated rings. The van der Waals surface area contributed by atoms with Crippen LogP contribution in [-0.2, 0) is 0 Å². The maximum Gasteiger partial charge on any atom is 0.229 e. The second-order valence-corrected chi connectivity index (χ2v) is 7.63. The van der Waals surface area contributed by atoms with Crippen LogP contribution < -0.4 is 20.4 Å². The Hall–Kier alpha value is -2.48. The highest BCUT2D eigenvalue weighted by Crippen LogP contribution is 2.26. The molecule has 2 unspecified atom stereocenters. The third-order valence-electron chi connectivity index (χ3n) is 5.66. The molecular weight excluding hydrogens is 345 g/mol. The molecule has 2 N–H and O–H groups in total. The highest BCUT2D eigenvalue weighted by molar-refractivity contribution is 5.57. The van der Waals surface area contributed by atoms with E-state index in [2.05, 4.69) is 30.5 Å². The fourth-order valence-corrected chi connectivity index (χ4v) is 4.36. The molecule has 2 bridgehead atoms. The molecule has 0 spiro atoms. The number of fused-ring (bicyclic) bond motifs is 2. The van der Waals surface area contributed by atoms with Gasteiger partial charge in [-0.25, -0.2) is 14.4 Å². The molecular formula is C19H24FN7. The lowest BCUT2D eigenvalue weighted by atomic mass is 10.2. The third-order valence-corrected chi connectivity index (χ3v) is 5.66. The number of rotatable bonds is 4. The summed E-state index contributed by atoms with van der Waals surface area (Å²) in [6.07, 6.45) is 8.04. The van der Waals surface area contributed by atoms with Crippen LogP contribution in [0.1, 0.15) is 25.7 Å². The second kappa shape index (κ2) is 6.92. The maximum absolute atomic E-state index is 14.5. The van der Waals surface area contributed by atoms with Crippen molar-refractivity contribution in [3.8, 4) is 0 Å². The lowest BCUT2D eigenvalue weighted by Gasteiger charge is -2.33. The summed E-state index contributed by atoms with van der Waals surface area (Å²) in [5.74, 6) is 1.50. The highest BCUT2D eigenvalue weighted by atomic mass is 19.1. The van der Waals surface area contributed by atoms with Crippen LogP contribution in [0.25, 0.3) is 0 Å². The van der Waals surface area contributed by atoms with Gasteiger partial charge in [0, 0.05) is 50.5 Å². The van der Waals surface area contributed by atoms with Crippen LogP contribution in [0.3, 0.4) is 0 Å². The molecule has 0 radical (unpaired) electrons. The molecule has 7 nitrogen and oxygen atoms in total. The standard InChI is InChI=1S/C19H24FN7/c20-16-9-15(10-22-18(16)26-7-1-2-8-26)24-19-21-6-5-17(25-19)27-11-13-3-4-14(12-27)23-13/h5-6,9-10,13-14,23H,1-4,7-8,11-12H2,(H,21,24,25). The smallest absolute Gasteiger partial charge is 0.229 e. The maximum atomic E-state index is 14.5. The van der Waals surface area contributed by atoms with E-state index >= 15 is 0 Å². The van der Waals surface area contributed by atoms with Crippen LogP contribution in [0, 0.1) is 5.82 Å². The van der Waals surface area contributed by atoms with Gasteiger partial charge in [-0.15, -0.1) is 0 Å². The quantitative estimate of drug-likeness (QED) is 0.857. The van der Waals surface area contributed by atoms with E-state index in [0.29, 0.717) is 29.5 Å². The molecule has 5 heterocycles. The van der Waals surface area contributed by atoms with E-state index in [1.807, 2.05) is 11.0 Å². The Morgan fingerprint density at radius 1 is 1.07 bits per heavy atom. The normalized spacial score (nSPS) is 24.5. The molecule has 3 aliphatic rings. The van der Waals surface area contributed by atoms with Crippen molar-refractivity contribution in [3.05, 3.63) is 30.3 Å². The minimum atomic E-state index is -0.309. The first-order valence-electron chi connectivity index (χ1n) is 9.76. The first-order chi connectivity index (χ1) is 13.2. The van der Waals surface area contributed by atoms with Crippen molar-refractivity contribution in [2.24, 2.45) is 0 Å². The molecule has 5 rings (SSSR count). The molecule has 3 saturated heterocycles. The van der Waals surface area contributed by atoms with Gasteiger partial charge in [0.2, 0.25) is 5.95 Å². The van der Waals surface area contributed by atoms with E-state index in [1.54, 1.807) is 12.4 Å². The Balaban J connectivity index is 1.31. The van der Waals surface area contributed by atoms with Gasteiger partial charge in [0.25, 0.3) is 0 Å². The van der Waals surface area contributed by atoms with Crippen LogP contribution in [0.15, 0.2) is 24.5 Å². The predicted octanol–water partition coefficient (Wildman–Crippen LogP) is 2.30. The van der Waals surface area contributed by atoms with Gasteiger partial charge >= 0.3 is 0 Å². The summed E-state index contributed by atoms with van der Waals surface area (Å²) in [5, 5.41) is 6.72. The Labute approximate surface area is 158 Å². The number of pyridine rings is 1. The number of piperazine rings is 1. The average Bonchev–Trinajstić information content (AvgIpc) is 3.32. The summed E-state index contributed by atoms with van der Waals surface area (Å²) in [6.45, 7) is 3.67. The van der Waals surface area contributed by atoms with Crippen molar-refractivity contribution in [2.75, 3.05) is 41.3 Å². The van der Waals surface area contributed by atoms with E-state index in [1.165, 1.54) is 18.9 Å². The molecule has 2 aromatic rings. The summed E-state index contributed by atoms with van der Waals surface area (Å²) in [7, 11) is 0. The Morgan fingerprint density at radius 3 is 2.59 bits per heavy atom. The Morgan fingerprint density at radius 2 is 1.85 bits per heavy atom. The van der Waals surface area contributed by atoms with Crippen LogP contribution >= 0.6 is 0 Å². The molecule has 142 valence electrons. The number of nitrogens with zero attached hydrogens (tertiary/aromatic N) is 5. The SMILES string of the molecule is Fc1cc(Nc2nccc(N3CC4CCC(C3)N4)n2)cnc1N1CCCC1. The zero-order valence-corrected chi connectivity index (χ0v) is 15.2. The third kappa shape index (κ3) is 3.41. The summed E-state index contributed by atoms with van der Waals surface area (Å²) in [5.41, 5.74) is 0.563. The van der Waals surface area contributed by atoms with Crippen molar-refractivity contribution in [3.63, 3.8) is 0 Å². The molecule has 0 aliphatic carbocycles. The fraction of sp³-hybridized carbons (Fsp3) is 0.526. The van der Waals surface area contributed by atoms with Crippen molar-refractivity contribution in [1.82, 2.24) is 20.3 Å².